The van der Waals surface area contributed by atoms with Crippen LogP contribution in [0.15, 0.2) is 18.2 Å². The van der Waals surface area contributed by atoms with E-state index in [4.69, 9.17) is 4.98 Å². The van der Waals surface area contributed by atoms with Gasteiger partial charge in [-0.1, -0.05) is 19.9 Å². The maximum Gasteiger partial charge on any atom is 0.336 e. The number of carboxylic acid groups (broad SMARTS) is 1. The predicted octanol–water partition coefficient (Wildman–Crippen LogP) is 3.94. The summed E-state index contributed by atoms with van der Waals surface area (Å²) < 4.78 is 0. The lowest BCUT2D eigenvalue weighted by atomic mass is 9.89. The first-order valence-electron chi connectivity index (χ1n) is 7.26. The third kappa shape index (κ3) is 2.07. The summed E-state index contributed by atoms with van der Waals surface area (Å²) >= 11 is 0. The van der Waals surface area contributed by atoms with Gasteiger partial charge in [-0.25, -0.2) is 4.79 Å². The number of pyridine rings is 1. The summed E-state index contributed by atoms with van der Waals surface area (Å²) in [7, 11) is 0. The molecule has 0 amide bonds. The second-order valence-electron chi connectivity index (χ2n) is 5.86. The normalized spacial score (nSPS) is 14.6. The SMILES string of the molecule is CC(C)c1ccc2nc3c(c(C(=O)O)c2c1)CCCC3. The van der Waals surface area contributed by atoms with Crippen LogP contribution in [-0.2, 0) is 12.8 Å². The molecule has 3 nitrogen and oxygen atoms in total. The van der Waals surface area contributed by atoms with Gasteiger partial charge in [0.2, 0.25) is 0 Å². The summed E-state index contributed by atoms with van der Waals surface area (Å²) in [6, 6.07) is 6.03. The Morgan fingerprint density at radius 1 is 1.25 bits per heavy atom. The highest BCUT2D eigenvalue weighted by atomic mass is 16.4. The number of aromatic nitrogens is 1. The molecule has 1 aliphatic carbocycles. The van der Waals surface area contributed by atoms with Gasteiger partial charge < -0.3 is 5.11 Å². The highest BCUT2D eigenvalue weighted by Gasteiger charge is 2.22. The molecule has 1 aliphatic rings. The topological polar surface area (TPSA) is 50.2 Å². The van der Waals surface area contributed by atoms with E-state index in [1.165, 1.54) is 0 Å². The van der Waals surface area contributed by atoms with Gasteiger partial charge in [-0.05, 0) is 54.9 Å². The molecule has 0 bridgehead atoms. The number of aromatic carboxylic acids is 1. The highest BCUT2D eigenvalue weighted by Crippen LogP contribution is 2.31. The molecule has 20 heavy (non-hydrogen) atoms. The molecule has 1 heterocycles. The van der Waals surface area contributed by atoms with Crippen molar-refractivity contribution in [3.8, 4) is 0 Å². The van der Waals surface area contributed by atoms with Crippen molar-refractivity contribution in [1.82, 2.24) is 4.98 Å². The summed E-state index contributed by atoms with van der Waals surface area (Å²) in [5.74, 6) is -0.437. The van der Waals surface area contributed by atoms with Crippen LogP contribution in [0.4, 0.5) is 0 Å². The molecule has 0 fully saturated rings. The Morgan fingerprint density at radius 2 is 2.00 bits per heavy atom. The molecule has 0 spiro atoms. The zero-order valence-electron chi connectivity index (χ0n) is 11.9. The lowest BCUT2D eigenvalue weighted by molar-refractivity contribution is 0.0697. The summed E-state index contributed by atoms with van der Waals surface area (Å²) in [6.07, 6.45) is 3.91. The fourth-order valence-electron chi connectivity index (χ4n) is 3.04. The van der Waals surface area contributed by atoms with E-state index in [0.717, 1.165) is 53.4 Å². The van der Waals surface area contributed by atoms with Crippen LogP contribution in [0, 0.1) is 0 Å². The van der Waals surface area contributed by atoms with Crippen molar-refractivity contribution >= 4 is 16.9 Å². The molecule has 0 atom stereocenters. The molecular formula is C17H19NO2. The Labute approximate surface area is 118 Å². The van der Waals surface area contributed by atoms with Crippen LogP contribution in [0.3, 0.4) is 0 Å². The van der Waals surface area contributed by atoms with E-state index >= 15 is 0 Å². The standard InChI is InChI=1S/C17H19NO2/c1-10(2)11-7-8-15-13(9-11)16(17(19)20)12-5-3-4-6-14(12)18-15/h7-10H,3-6H2,1-2H3,(H,19,20). The van der Waals surface area contributed by atoms with E-state index in [2.05, 4.69) is 19.9 Å². The summed E-state index contributed by atoms with van der Waals surface area (Å²) in [6.45, 7) is 4.24. The molecule has 1 aromatic heterocycles. The number of nitrogens with zero attached hydrogens (tertiary/aromatic N) is 1. The number of hydrogen-bond acceptors (Lipinski definition) is 2. The Balaban J connectivity index is 2.34. The lowest BCUT2D eigenvalue weighted by Crippen LogP contribution is -2.13. The van der Waals surface area contributed by atoms with Gasteiger partial charge >= 0.3 is 5.97 Å². The zero-order valence-corrected chi connectivity index (χ0v) is 11.9. The van der Waals surface area contributed by atoms with Crippen molar-refractivity contribution in [2.45, 2.75) is 45.4 Å². The number of carbonyl (C=O) groups is 1. The van der Waals surface area contributed by atoms with Crippen molar-refractivity contribution in [1.29, 1.82) is 0 Å². The minimum absolute atomic E-state index is 0.386. The second-order valence-corrected chi connectivity index (χ2v) is 5.86. The van der Waals surface area contributed by atoms with E-state index in [-0.39, 0.29) is 0 Å². The fraction of sp³-hybridized carbons (Fsp3) is 0.412. The average molecular weight is 269 g/mol. The van der Waals surface area contributed by atoms with Crippen LogP contribution in [0.5, 0.6) is 0 Å². The molecule has 2 aromatic rings. The van der Waals surface area contributed by atoms with Crippen LogP contribution in [0.2, 0.25) is 0 Å². The van der Waals surface area contributed by atoms with Crippen molar-refractivity contribution in [2.75, 3.05) is 0 Å². The van der Waals surface area contributed by atoms with Gasteiger partial charge in [-0.15, -0.1) is 0 Å². The first-order chi connectivity index (χ1) is 9.58. The Hall–Kier alpha value is -1.90. The van der Waals surface area contributed by atoms with Gasteiger partial charge in [0.1, 0.15) is 0 Å². The molecule has 1 aromatic carbocycles. The van der Waals surface area contributed by atoms with E-state index in [1.807, 2.05) is 12.1 Å². The summed E-state index contributed by atoms with van der Waals surface area (Å²) in [5, 5.41) is 10.4. The zero-order chi connectivity index (χ0) is 14.3. The number of aryl methyl sites for hydroxylation is 1. The molecule has 0 saturated heterocycles. The van der Waals surface area contributed by atoms with E-state index < -0.39 is 5.97 Å². The average Bonchev–Trinajstić information content (AvgIpc) is 2.43. The van der Waals surface area contributed by atoms with E-state index in [0.29, 0.717) is 11.5 Å². The number of fused-ring (bicyclic) bond motifs is 2. The lowest BCUT2D eigenvalue weighted by Gasteiger charge is -2.19. The Kier molecular flexibility index (Phi) is 3.20. The van der Waals surface area contributed by atoms with Crippen LogP contribution < -0.4 is 0 Å². The van der Waals surface area contributed by atoms with Crippen molar-refractivity contribution in [2.24, 2.45) is 0 Å². The van der Waals surface area contributed by atoms with Gasteiger partial charge in [-0.2, -0.15) is 0 Å². The summed E-state index contributed by atoms with van der Waals surface area (Å²) in [4.78, 5) is 16.4. The van der Waals surface area contributed by atoms with Gasteiger partial charge in [0.15, 0.2) is 0 Å². The van der Waals surface area contributed by atoms with Gasteiger partial charge in [0.25, 0.3) is 0 Å². The number of rotatable bonds is 2. The van der Waals surface area contributed by atoms with E-state index in [9.17, 15) is 9.90 Å². The van der Waals surface area contributed by atoms with Crippen LogP contribution in [0.1, 0.15) is 59.8 Å². The third-order valence-electron chi connectivity index (χ3n) is 4.17. The first-order valence-corrected chi connectivity index (χ1v) is 7.26. The van der Waals surface area contributed by atoms with E-state index in [1.54, 1.807) is 0 Å². The smallest absolute Gasteiger partial charge is 0.336 e. The van der Waals surface area contributed by atoms with Crippen molar-refractivity contribution in [3.05, 3.63) is 40.6 Å². The third-order valence-corrected chi connectivity index (χ3v) is 4.17. The monoisotopic (exact) mass is 269 g/mol. The van der Waals surface area contributed by atoms with Crippen LogP contribution in [-0.4, -0.2) is 16.1 Å². The predicted molar refractivity (Wildman–Crippen MR) is 79.4 cm³/mol. The molecule has 0 unspecified atom stereocenters. The number of hydrogen-bond donors (Lipinski definition) is 1. The van der Waals surface area contributed by atoms with Gasteiger partial charge in [0.05, 0.1) is 11.1 Å². The fourth-order valence-corrected chi connectivity index (χ4v) is 3.04. The summed E-state index contributed by atoms with van der Waals surface area (Å²) in [5.41, 5.74) is 4.40. The Morgan fingerprint density at radius 3 is 2.70 bits per heavy atom. The minimum atomic E-state index is -0.823. The van der Waals surface area contributed by atoms with Crippen LogP contribution >= 0.6 is 0 Å². The minimum Gasteiger partial charge on any atom is -0.478 e. The molecule has 0 aliphatic heterocycles. The maximum atomic E-state index is 11.7. The number of carboxylic acids is 1. The largest absolute Gasteiger partial charge is 0.478 e. The molecule has 104 valence electrons. The quantitative estimate of drug-likeness (QED) is 0.898. The molecule has 1 N–H and O–H groups in total. The molecule has 0 radical (unpaired) electrons. The van der Waals surface area contributed by atoms with Gasteiger partial charge in [0, 0.05) is 11.1 Å². The van der Waals surface area contributed by atoms with Crippen molar-refractivity contribution < 1.29 is 9.90 Å². The molecule has 3 heteroatoms. The second kappa shape index (κ2) is 4.89. The molecular weight excluding hydrogens is 250 g/mol. The molecule has 0 saturated carbocycles. The Bertz CT molecular complexity index is 689. The van der Waals surface area contributed by atoms with Crippen LogP contribution in [0.25, 0.3) is 10.9 Å². The molecule has 3 rings (SSSR count). The highest BCUT2D eigenvalue weighted by molar-refractivity contribution is 6.04. The number of benzene rings is 1. The van der Waals surface area contributed by atoms with Crippen molar-refractivity contribution in [3.63, 3.8) is 0 Å². The first kappa shape index (κ1) is 13.1. The maximum absolute atomic E-state index is 11.7. The van der Waals surface area contributed by atoms with Gasteiger partial charge in [-0.3, -0.25) is 4.98 Å².